The highest BCUT2D eigenvalue weighted by atomic mass is 32.2. The Bertz CT molecular complexity index is 857. The van der Waals surface area contributed by atoms with Gasteiger partial charge in [-0.25, -0.2) is 0 Å². The molecular weight excluding hydrogens is 366 g/mol. The Morgan fingerprint density at radius 3 is 2.15 bits per heavy atom. The normalized spacial score (nSPS) is 16.0. The number of para-hydroxylation sites is 1. The first-order chi connectivity index (χ1) is 12.5. The quantitative estimate of drug-likeness (QED) is 0.596. The number of benzene rings is 2. The number of thioether (sulfide) groups is 1. The molecule has 1 aliphatic rings. The van der Waals surface area contributed by atoms with Crippen molar-refractivity contribution in [3.63, 3.8) is 0 Å². The van der Waals surface area contributed by atoms with Crippen LogP contribution in [0, 0.1) is 6.92 Å². The van der Waals surface area contributed by atoms with Crippen LogP contribution in [-0.4, -0.2) is 50.9 Å². The second kappa shape index (κ2) is 8.14. The Kier molecular flexibility index (Phi) is 5.88. The van der Waals surface area contributed by atoms with E-state index in [9.17, 15) is 8.42 Å². The van der Waals surface area contributed by atoms with Crippen LogP contribution in [0.5, 0.6) is 0 Å². The van der Waals surface area contributed by atoms with E-state index in [0.717, 1.165) is 31.7 Å². The number of hydrogen-bond donors (Lipinski definition) is 0. The Hall–Kier alpha value is -1.99. The fourth-order valence-corrected chi connectivity index (χ4v) is 4.82. The lowest BCUT2D eigenvalue weighted by Crippen LogP contribution is -2.48. The van der Waals surface area contributed by atoms with Gasteiger partial charge >= 0.3 is 0 Å². The largest absolute Gasteiger partial charge is 0.368 e. The smallest absolute Gasteiger partial charge is 0.284 e. The molecule has 1 fully saturated rings. The number of anilines is 1. The number of piperazine rings is 1. The summed E-state index contributed by atoms with van der Waals surface area (Å²) in [5, 5.41) is 0.554. The van der Waals surface area contributed by atoms with E-state index >= 15 is 0 Å². The van der Waals surface area contributed by atoms with E-state index in [0.29, 0.717) is 5.17 Å². The van der Waals surface area contributed by atoms with Crippen LogP contribution in [0.1, 0.15) is 5.56 Å². The third kappa shape index (κ3) is 4.40. The van der Waals surface area contributed by atoms with Crippen LogP contribution < -0.4 is 4.90 Å². The summed E-state index contributed by atoms with van der Waals surface area (Å²) >= 11 is 1.38. The van der Waals surface area contributed by atoms with Gasteiger partial charge in [-0.05, 0) is 37.4 Å². The van der Waals surface area contributed by atoms with Crippen LogP contribution in [0.25, 0.3) is 0 Å². The second-order valence-corrected chi connectivity index (χ2v) is 8.55. The highest BCUT2D eigenvalue weighted by molar-refractivity contribution is 8.13. The van der Waals surface area contributed by atoms with Gasteiger partial charge in [0.2, 0.25) is 0 Å². The third-order valence-corrected chi connectivity index (χ3v) is 6.48. The number of hydrogen-bond acceptors (Lipinski definition) is 4. The van der Waals surface area contributed by atoms with Crippen molar-refractivity contribution in [1.82, 2.24) is 4.90 Å². The van der Waals surface area contributed by atoms with Gasteiger partial charge in [0.25, 0.3) is 10.0 Å². The van der Waals surface area contributed by atoms with Gasteiger partial charge in [-0.1, -0.05) is 47.7 Å². The molecule has 0 atom stereocenters. The van der Waals surface area contributed by atoms with Gasteiger partial charge in [-0.3, -0.25) is 0 Å². The molecule has 0 aromatic heterocycles. The van der Waals surface area contributed by atoms with E-state index in [4.69, 9.17) is 0 Å². The number of nitrogens with zero attached hydrogens (tertiary/aromatic N) is 3. The van der Waals surface area contributed by atoms with Crippen LogP contribution in [0.2, 0.25) is 0 Å². The molecule has 1 heterocycles. The molecule has 0 amide bonds. The fourth-order valence-electron chi connectivity index (χ4n) is 2.88. The molecule has 0 unspecified atom stereocenters. The van der Waals surface area contributed by atoms with E-state index in [1.807, 2.05) is 31.4 Å². The lowest BCUT2D eigenvalue weighted by atomic mass is 10.2. The van der Waals surface area contributed by atoms with Gasteiger partial charge < -0.3 is 9.80 Å². The van der Waals surface area contributed by atoms with Crippen LogP contribution in [0.15, 0.2) is 63.9 Å². The first kappa shape index (κ1) is 18.8. The molecule has 2 aromatic carbocycles. The van der Waals surface area contributed by atoms with Crippen LogP contribution in [-0.2, 0) is 10.0 Å². The molecule has 138 valence electrons. The second-order valence-electron chi connectivity index (χ2n) is 6.18. The van der Waals surface area contributed by atoms with E-state index in [2.05, 4.69) is 26.3 Å². The molecular formula is C19H23N3O2S2. The molecule has 2 aromatic rings. The lowest BCUT2D eigenvalue weighted by molar-refractivity contribution is 0.393. The summed E-state index contributed by atoms with van der Waals surface area (Å²) in [6.07, 6.45) is 1.87. The van der Waals surface area contributed by atoms with Gasteiger partial charge in [-0.2, -0.15) is 8.42 Å². The van der Waals surface area contributed by atoms with Gasteiger partial charge in [0.05, 0.1) is 4.90 Å². The van der Waals surface area contributed by atoms with Gasteiger partial charge in [0.15, 0.2) is 5.17 Å². The summed E-state index contributed by atoms with van der Waals surface area (Å²) in [4.78, 5) is 4.59. The summed E-state index contributed by atoms with van der Waals surface area (Å²) in [6.45, 7) is 5.11. The number of aryl methyl sites for hydroxylation is 1. The molecule has 0 aliphatic carbocycles. The Morgan fingerprint density at radius 1 is 0.962 bits per heavy atom. The summed E-state index contributed by atoms with van der Waals surface area (Å²) in [6, 6.07) is 17.1. The SMILES string of the molecule is CS/C(=N\S(=O)(=O)c1ccc(C)cc1)N1CCN(c2ccccc2)CC1. The number of rotatable bonds is 3. The average Bonchev–Trinajstić information content (AvgIpc) is 2.67. The fraction of sp³-hybridized carbons (Fsp3) is 0.316. The van der Waals surface area contributed by atoms with E-state index in [-0.39, 0.29) is 4.90 Å². The molecule has 0 radical (unpaired) electrons. The van der Waals surface area contributed by atoms with Gasteiger partial charge in [0.1, 0.15) is 0 Å². The van der Waals surface area contributed by atoms with Crippen molar-refractivity contribution in [3.8, 4) is 0 Å². The zero-order chi connectivity index (χ0) is 18.6. The monoisotopic (exact) mass is 389 g/mol. The molecule has 1 aliphatic heterocycles. The molecule has 5 nitrogen and oxygen atoms in total. The van der Waals surface area contributed by atoms with E-state index in [1.54, 1.807) is 24.3 Å². The maximum atomic E-state index is 12.6. The predicted molar refractivity (Wildman–Crippen MR) is 110 cm³/mol. The molecule has 1 saturated heterocycles. The minimum Gasteiger partial charge on any atom is -0.368 e. The van der Waals surface area contributed by atoms with Crippen molar-refractivity contribution < 1.29 is 8.42 Å². The molecule has 7 heteroatoms. The zero-order valence-electron chi connectivity index (χ0n) is 15.0. The molecule has 0 spiro atoms. The van der Waals surface area contributed by atoms with Crippen molar-refractivity contribution in [1.29, 1.82) is 0 Å². The lowest BCUT2D eigenvalue weighted by Gasteiger charge is -2.37. The minimum absolute atomic E-state index is 0.234. The minimum atomic E-state index is -3.69. The third-order valence-electron chi connectivity index (χ3n) is 4.37. The Labute approximate surface area is 159 Å². The van der Waals surface area contributed by atoms with Crippen molar-refractivity contribution in [2.24, 2.45) is 4.40 Å². The van der Waals surface area contributed by atoms with Crippen molar-refractivity contribution in [3.05, 3.63) is 60.2 Å². The highest BCUT2D eigenvalue weighted by Crippen LogP contribution is 2.20. The zero-order valence-corrected chi connectivity index (χ0v) is 16.6. The van der Waals surface area contributed by atoms with Crippen LogP contribution >= 0.6 is 11.8 Å². The maximum absolute atomic E-state index is 12.6. The summed E-state index contributed by atoms with van der Waals surface area (Å²) in [7, 11) is -3.69. The van der Waals surface area contributed by atoms with Crippen LogP contribution in [0.4, 0.5) is 5.69 Å². The van der Waals surface area contributed by atoms with Gasteiger partial charge in [-0.15, -0.1) is 4.40 Å². The van der Waals surface area contributed by atoms with Crippen molar-refractivity contribution in [2.75, 3.05) is 37.3 Å². The molecule has 26 heavy (non-hydrogen) atoms. The van der Waals surface area contributed by atoms with E-state index in [1.165, 1.54) is 17.4 Å². The number of sulfonamides is 1. The van der Waals surface area contributed by atoms with Crippen LogP contribution in [0.3, 0.4) is 0 Å². The average molecular weight is 390 g/mol. The highest BCUT2D eigenvalue weighted by Gasteiger charge is 2.22. The topological polar surface area (TPSA) is 53.0 Å². The van der Waals surface area contributed by atoms with E-state index < -0.39 is 10.0 Å². The maximum Gasteiger partial charge on any atom is 0.284 e. The van der Waals surface area contributed by atoms with Crippen molar-refractivity contribution in [2.45, 2.75) is 11.8 Å². The molecule has 0 N–H and O–H groups in total. The number of amidine groups is 1. The first-order valence-corrected chi connectivity index (χ1v) is 11.2. The predicted octanol–water partition coefficient (Wildman–Crippen LogP) is 3.22. The molecule has 0 bridgehead atoms. The standard InChI is InChI=1S/C19H23N3O2S2/c1-16-8-10-18(11-9-16)26(23,24)20-19(25-2)22-14-12-21(13-15-22)17-6-4-3-5-7-17/h3-11H,12-15H2,1-2H3/b20-19-. The summed E-state index contributed by atoms with van der Waals surface area (Å²) in [5.74, 6) is 0. The Morgan fingerprint density at radius 2 is 1.58 bits per heavy atom. The summed E-state index contributed by atoms with van der Waals surface area (Å²) < 4.78 is 29.3. The molecule has 3 rings (SSSR count). The Balaban J connectivity index is 1.73. The van der Waals surface area contributed by atoms with Crippen molar-refractivity contribution >= 4 is 32.6 Å². The summed E-state index contributed by atoms with van der Waals surface area (Å²) in [5.41, 5.74) is 2.22. The molecule has 0 saturated carbocycles. The first-order valence-electron chi connectivity index (χ1n) is 8.50. The van der Waals surface area contributed by atoms with Gasteiger partial charge in [0, 0.05) is 31.9 Å².